The number of hydrogen-bond donors (Lipinski definition) is 2. The zero-order chi connectivity index (χ0) is 14.6. The average Bonchev–Trinajstić information content (AvgIpc) is 2.55. The Kier molecular flexibility index (Phi) is 5.11. The lowest BCUT2D eigenvalue weighted by atomic mass is 9.84. The highest BCUT2D eigenvalue weighted by molar-refractivity contribution is 5.90. The van der Waals surface area contributed by atoms with E-state index in [1.807, 2.05) is 13.2 Å². The number of rotatable bonds is 5. The van der Waals surface area contributed by atoms with E-state index in [9.17, 15) is 4.79 Å². The SMILES string of the molecule is CC(CC(=O)Nc1nn(C)cc1CN)CC(C)(C)C. The van der Waals surface area contributed by atoms with Gasteiger partial charge in [0.2, 0.25) is 5.91 Å². The van der Waals surface area contributed by atoms with Gasteiger partial charge in [-0.05, 0) is 17.8 Å². The normalized spacial score (nSPS) is 13.4. The summed E-state index contributed by atoms with van der Waals surface area (Å²) in [5.74, 6) is 0.938. The minimum absolute atomic E-state index is 0.00477. The first-order valence-electron chi connectivity index (χ1n) is 6.73. The number of amides is 1. The summed E-state index contributed by atoms with van der Waals surface area (Å²) < 4.78 is 1.66. The molecule has 1 rings (SSSR count). The summed E-state index contributed by atoms with van der Waals surface area (Å²) in [4.78, 5) is 12.0. The fourth-order valence-corrected chi connectivity index (χ4v) is 2.41. The van der Waals surface area contributed by atoms with Gasteiger partial charge in [-0.1, -0.05) is 27.7 Å². The Morgan fingerprint density at radius 2 is 2.16 bits per heavy atom. The Hall–Kier alpha value is -1.36. The van der Waals surface area contributed by atoms with Crippen molar-refractivity contribution in [3.05, 3.63) is 11.8 Å². The molecule has 5 nitrogen and oxygen atoms in total. The van der Waals surface area contributed by atoms with Crippen LogP contribution in [0.25, 0.3) is 0 Å². The topological polar surface area (TPSA) is 72.9 Å². The second kappa shape index (κ2) is 6.19. The summed E-state index contributed by atoms with van der Waals surface area (Å²) in [5.41, 5.74) is 6.72. The van der Waals surface area contributed by atoms with E-state index in [1.165, 1.54) is 0 Å². The molecule has 0 saturated carbocycles. The monoisotopic (exact) mass is 266 g/mol. The van der Waals surface area contributed by atoms with Crippen LogP contribution in [0.2, 0.25) is 0 Å². The average molecular weight is 266 g/mol. The van der Waals surface area contributed by atoms with Crippen molar-refractivity contribution in [2.45, 2.75) is 47.1 Å². The molecule has 0 saturated heterocycles. The second-order valence-electron chi connectivity index (χ2n) is 6.50. The highest BCUT2D eigenvalue weighted by atomic mass is 16.1. The molecule has 5 heteroatoms. The molecule has 0 aliphatic carbocycles. The third-order valence-electron chi connectivity index (χ3n) is 2.88. The zero-order valence-electron chi connectivity index (χ0n) is 12.7. The molecule has 0 aromatic carbocycles. The first-order chi connectivity index (χ1) is 8.71. The molecule has 0 bridgehead atoms. The molecular formula is C14H26N4O. The Morgan fingerprint density at radius 3 is 2.68 bits per heavy atom. The van der Waals surface area contributed by atoms with Crippen LogP contribution in [0.3, 0.4) is 0 Å². The van der Waals surface area contributed by atoms with Gasteiger partial charge in [0.25, 0.3) is 0 Å². The molecule has 0 radical (unpaired) electrons. The molecule has 0 aliphatic heterocycles. The molecule has 1 aromatic rings. The van der Waals surface area contributed by atoms with E-state index in [2.05, 4.69) is 38.1 Å². The lowest BCUT2D eigenvalue weighted by molar-refractivity contribution is -0.117. The van der Waals surface area contributed by atoms with E-state index in [0.717, 1.165) is 12.0 Å². The quantitative estimate of drug-likeness (QED) is 0.858. The van der Waals surface area contributed by atoms with Crippen LogP contribution in [0, 0.1) is 11.3 Å². The molecule has 0 fully saturated rings. The van der Waals surface area contributed by atoms with Crippen molar-refractivity contribution in [3.63, 3.8) is 0 Å². The largest absolute Gasteiger partial charge is 0.326 e. The van der Waals surface area contributed by atoms with E-state index in [0.29, 0.717) is 24.7 Å². The first kappa shape index (κ1) is 15.7. The molecule has 1 unspecified atom stereocenters. The third kappa shape index (κ3) is 5.42. The molecule has 1 heterocycles. The van der Waals surface area contributed by atoms with Crippen LogP contribution in [0.4, 0.5) is 5.82 Å². The number of aromatic nitrogens is 2. The molecule has 3 N–H and O–H groups in total. The number of nitrogens with zero attached hydrogens (tertiary/aromatic N) is 2. The minimum atomic E-state index is 0.00477. The second-order valence-corrected chi connectivity index (χ2v) is 6.50. The third-order valence-corrected chi connectivity index (χ3v) is 2.88. The molecule has 0 aliphatic rings. The number of carbonyl (C=O) groups is 1. The number of carbonyl (C=O) groups excluding carboxylic acids is 1. The summed E-state index contributed by atoms with van der Waals surface area (Å²) >= 11 is 0. The van der Waals surface area contributed by atoms with Crippen molar-refractivity contribution in [2.75, 3.05) is 5.32 Å². The van der Waals surface area contributed by atoms with Gasteiger partial charge in [0.1, 0.15) is 0 Å². The van der Waals surface area contributed by atoms with Crippen molar-refractivity contribution in [3.8, 4) is 0 Å². The van der Waals surface area contributed by atoms with Gasteiger partial charge < -0.3 is 11.1 Å². The van der Waals surface area contributed by atoms with Crippen molar-refractivity contribution in [1.82, 2.24) is 9.78 Å². The predicted octanol–water partition coefficient (Wildman–Crippen LogP) is 2.28. The van der Waals surface area contributed by atoms with Crippen molar-refractivity contribution in [1.29, 1.82) is 0 Å². The molecule has 108 valence electrons. The highest BCUT2D eigenvalue weighted by Crippen LogP contribution is 2.26. The standard InChI is InChI=1S/C14H26N4O/c1-10(7-14(2,3)4)6-12(19)16-13-11(8-15)9-18(5)17-13/h9-10H,6-8,15H2,1-5H3,(H,16,17,19). The number of nitrogens with two attached hydrogens (primary N) is 1. The van der Waals surface area contributed by atoms with Gasteiger partial charge in [-0.15, -0.1) is 0 Å². The van der Waals surface area contributed by atoms with Crippen molar-refractivity contribution in [2.24, 2.45) is 24.1 Å². The van der Waals surface area contributed by atoms with Gasteiger partial charge in [-0.2, -0.15) is 5.10 Å². The van der Waals surface area contributed by atoms with Gasteiger partial charge in [0, 0.05) is 31.8 Å². The molecular weight excluding hydrogens is 240 g/mol. The lowest BCUT2D eigenvalue weighted by Gasteiger charge is -2.22. The van der Waals surface area contributed by atoms with Crippen LogP contribution >= 0.6 is 0 Å². The Morgan fingerprint density at radius 1 is 1.53 bits per heavy atom. The summed E-state index contributed by atoms with van der Waals surface area (Å²) in [7, 11) is 1.82. The molecule has 1 amide bonds. The van der Waals surface area contributed by atoms with Crippen molar-refractivity contribution >= 4 is 11.7 Å². The maximum Gasteiger partial charge on any atom is 0.225 e. The van der Waals surface area contributed by atoms with Gasteiger partial charge in [-0.25, -0.2) is 0 Å². The van der Waals surface area contributed by atoms with Gasteiger partial charge in [0.15, 0.2) is 5.82 Å². The summed E-state index contributed by atoms with van der Waals surface area (Å²) in [6.07, 6.45) is 3.36. The fraction of sp³-hybridized carbons (Fsp3) is 0.714. The first-order valence-corrected chi connectivity index (χ1v) is 6.73. The van der Waals surface area contributed by atoms with Crippen LogP contribution in [-0.2, 0) is 18.4 Å². The maximum absolute atomic E-state index is 12.0. The smallest absolute Gasteiger partial charge is 0.225 e. The van der Waals surface area contributed by atoms with Crippen molar-refractivity contribution < 1.29 is 4.79 Å². The molecule has 1 aromatic heterocycles. The van der Waals surface area contributed by atoms with Crippen LogP contribution in [0.15, 0.2) is 6.20 Å². The van der Waals surface area contributed by atoms with E-state index in [1.54, 1.807) is 4.68 Å². The summed E-state index contributed by atoms with van der Waals surface area (Å²) in [6.45, 7) is 9.04. The predicted molar refractivity (Wildman–Crippen MR) is 77.6 cm³/mol. The summed E-state index contributed by atoms with van der Waals surface area (Å²) in [5, 5.41) is 7.06. The number of anilines is 1. The fourth-order valence-electron chi connectivity index (χ4n) is 2.41. The molecule has 0 spiro atoms. The van der Waals surface area contributed by atoms with Gasteiger partial charge in [-0.3, -0.25) is 9.48 Å². The zero-order valence-corrected chi connectivity index (χ0v) is 12.7. The number of nitrogens with one attached hydrogen (secondary N) is 1. The lowest BCUT2D eigenvalue weighted by Crippen LogP contribution is -2.19. The van der Waals surface area contributed by atoms with Gasteiger partial charge in [0.05, 0.1) is 0 Å². The van der Waals surface area contributed by atoms with E-state index in [-0.39, 0.29) is 11.3 Å². The van der Waals surface area contributed by atoms with E-state index < -0.39 is 0 Å². The summed E-state index contributed by atoms with van der Waals surface area (Å²) in [6, 6.07) is 0. The van der Waals surface area contributed by atoms with Crippen LogP contribution in [0.1, 0.15) is 46.1 Å². The molecule has 1 atom stereocenters. The van der Waals surface area contributed by atoms with Crippen LogP contribution in [-0.4, -0.2) is 15.7 Å². The van der Waals surface area contributed by atoms with E-state index in [4.69, 9.17) is 5.73 Å². The van der Waals surface area contributed by atoms with Crippen LogP contribution < -0.4 is 11.1 Å². The molecule has 19 heavy (non-hydrogen) atoms. The Bertz CT molecular complexity index is 431. The van der Waals surface area contributed by atoms with E-state index >= 15 is 0 Å². The number of hydrogen-bond acceptors (Lipinski definition) is 3. The minimum Gasteiger partial charge on any atom is -0.326 e. The Labute approximate surface area is 115 Å². The number of aryl methyl sites for hydroxylation is 1. The Balaban J connectivity index is 2.55. The highest BCUT2D eigenvalue weighted by Gasteiger charge is 2.18. The van der Waals surface area contributed by atoms with Crippen LogP contribution in [0.5, 0.6) is 0 Å². The van der Waals surface area contributed by atoms with Gasteiger partial charge >= 0.3 is 0 Å². The maximum atomic E-state index is 12.0.